The Balaban J connectivity index is 1.44. The molecule has 140 valence electrons. The maximum Gasteiger partial charge on any atom is 0.203 e. The van der Waals surface area contributed by atoms with Crippen molar-refractivity contribution >= 4 is 28.6 Å². The molecule has 0 radical (unpaired) electrons. The second-order valence-electron chi connectivity index (χ2n) is 7.41. The summed E-state index contributed by atoms with van der Waals surface area (Å²) in [7, 11) is 2.06. The summed E-state index contributed by atoms with van der Waals surface area (Å²) in [4.78, 5) is 9.48. The fourth-order valence-electron chi connectivity index (χ4n) is 3.60. The Morgan fingerprint density at radius 1 is 0.964 bits per heavy atom. The van der Waals surface area contributed by atoms with Gasteiger partial charge in [0.25, 0.3) is 0 Å². The number of imidazole rings is 1. The van der Waals surface area contributed by atoms with Gasteiger partial charge in [0.2, 0.25) is 5.95 Å². The number of rotatable bonds is 4. The molecule has 0 saturated heterocycles. The molecule has 0 atom stereocenters. The van der Waals surface area contributed by atoms with E-state index in [-0.39, 0.29) is 0 Å². The third-order valence-electron chi connectivity index (χ3n) is 5.56. The lowest BCUT2D eigenvalue weighted by atomic mass is 9.93. The molecular formula is C23H21ClN4. The molecule has 5 heteroatoms. The zero-order chi connectivity index (χ0) is 19.1. The molecule has 1 N–H and O–H groups in total. The van der Waals surface area contributed by atoms with Crippen LogP contribution < -0.4 is 5.32 Å². The van der Waals surface area contributed by atoms with Crippen LogP contribution in [0.4, 0.5) is 5.95 Å². The molecule has 4 nitrogen and oxygen atoms in total. The number of anilines is 1. The highest BCUT2D eigenvalue weighted by Crippen LogP contribution is 2.29. The Kier molecular flexibility index (Phi) is 4.29. The number of halogens is 1. The minimum absolute atomic E-state index is 0.567. The van der Waals surface area contributed by atoms with Crippen LogP contribution in [-0.2, 0) is 7.05 Å². The van der Waals surface area contributed by atoms with E-state index in [0.717, 1.165) is 44.4 Å². The summed E-state index contributed by atoms with van der Waals surface area (Å²) in [6, 6.07) is 18.9. The highest BCUT2D eigenvalue weighted by Gasteiger charge is 2.19. The van der Waals surface area contributed by atoms with E-state index in [1.165, 1.54) is 19.3 Å². The van der Waals surface area contributed by atoms with Gasteiger partial charge < -0.3 is 9.88 Å². The van der Waals surface area contributed by atoms with E-state index < -0.39 is 0 Å². The van der Waals surface area contributed by atoms with Crippen LogP contribution in [0.5, 0.6) is 0 Å². The Hall–Kier alpha value is -2.85. The predicted octanol–water partition coefficient (Wildman–Crippen LogP) is 5.92. The summed E-state index contributed by atoms with van der Waals surface area (Å²) in [6.45, 7) is 0. The van der Waals surface area contributed by atoms with Gasteiger partial charge in [0.05, 0.1) is 16.7 Å². The van der Waals surface area contributed by atoms with Crippen LogP contribution in [0.3, 0.4) is 0 Å². The molecule has 28 heavy (non-hydrogen) atoms. The molecule has 0 bridgehead atoms. The van der Waals surface area contributed by atoms with Gasteiger partial charge in [-0.2, -0.15) is 0 Å². The molecule has 1 aliphatic rings. The molecule has 0 unspecified atom stereocenters. The molecule has 0 amide bonds. The van der Waals surface area contributed by atoms with E-state index in [0.29, 0.717) is 6.04 Å². The van der Waals surface area contributed by atoms with Gasteiger partial charge in [-0.15, -0.1) is 0 Å². The van der Waals surface area contributed by atoms with Crippen LogP contribution in [0.15, 0.2) is 60.8 Å². The van der Waals surface area contributed by atoms with Crippen molar-refractivity contribution in [3.63, 3.8) is 0 Å². The minimum Gasteiger partial charge on any atom is -0.353 e. The van der Waals surface area contributed by atoms with Gasteiger partial charge in [0, 0.05) is 35.4 Å². The Morgan fingerprint density at radius 3 is 2.39 bits per heavy atom. The van der Waals surface area contributed by atoms with E-state index in [4.69, 9.17) is 16.6 Å². The highest BCUT2D eigenvalue weighted by molar-refractivity contribution is 6.30. The topological polar surface area (TPSA) is 42.7 Å². The molecule has 4 aromatic rings. The Bertz CT molecular complexity index is 1130. The second kappa shape index (κ2) is 6.95. The molecular weight excluding hydrogens is 368 g/mol. The SMILES string of the molecule is Cn1c(NC2CCC2)nc2cc(-c3ccc(-c4ccc(Cl)cc4)cn3)ccc21. The van der Waals surface area contributed by atoms with Crippen molar-refractivity contribution in [3.8, 4) is 22.4 Å². The number of hydrogen-bond donors (Lipinski definition) is 1. The highest BCUT2D eigenvalue weighted by atomic mass is 35.5. The number of hydrogen-bond acceptors (Lipinski definition) is 3. The molecule has 0 aliphatic heterocycles. The van der Waals surface area contributed by atoms with Gasteiger partial charge >= 0.3 is 0 Å². The Labute approximate surface area is 169 Å². The zero-order valence-corrected chi connectivity index (χ0v) is 16.4. The maximum atomic E-state index is 5.98. The number of pyridine rings is 1. The lowest BCUT2D eigenvalue weighted by Crippen LogP contribution is -2.28. The zero-order valence-electron chi connectivity index (χ0n) is 15.7. The van der Waals surface area contributed by atoms with Crippen molar-refractivity contribution < 1.29 is 0 Å². The second-order valence-corrected chi connectivity index (χ2v) is 7.85. The summed E-state index contributed by atoms with van der Waals surface area (Å²) >= 11 is 5.98. The summed E-state index contributed by atoms with van der Waals surface area (Å²) in [6.07, 6.45) is 5.69. The van der Waals surface area contributed by atoms with Crippen molar-refractivity contribution in [2.75, 3.05) is 5.32 Å². The Morgan fingerprint density at radius 2 is 1.71 bits per heavy atom. The summed E-state index contributed by atoms with van der Waals surface area (Å²) in [5, 5.41) is 4.29. The first kappa shape index (κ1) is 17.3. The smallest absolute Gasteiger partial charge is 0.203 e. The van der Waals surface area contributed by atoms with Gasteiger partial charge in [0.15, 0.2) is 0 Å². The van der Waals surface area contributed by atoms with E-state index >= 15 is 0 Å². The van der Waals surface area contributed by atoms with Crippen molar-refractivity contribution in [2.45, 2.75) is 25.3 Å². The number of aromatic nitrogens is 3. The molecule has 1 saturated carbocycles. The van der Waals surface area contributed by atoms with Gasteiger partial charge in [-0.3, -0.25) is 4.98 Å². The molecule has 5 rings (SSSR count). The number of aryl methyl sites for hydroxylation is 1. The summed E-state index contributed by atoms with van der Waals surface area (Å²) in [5.74, 6) is 0.947. The number of fused-ring (bicyclic) bond motifs is 1. The lowest BCUT2D eigenvalue weighted by Gasteiger charge is -2.26. The standard InChI is InChI=1S/C23H21ClN4/c1-28-22-12-8-16(13-21(22)27-23(28)26-19-3-2-4-19)20-11-7-17(14-25-20)15-5-9-18(24)10-6-15/h5-14,19H,2-4H2,1H3,(H,26,27). The minimum atomic E-state index is 0.567. The first-order chi connectivity index (χ1) is 13.7. The van der Waals surface area contributed by atoms with Crippen molar-refractivity contribution in [1.29, 1.82) is 0 Å². The predicted molar refractivity (Wildman–Crippen MR) is 116 cm³/mol. The summed E-state index contributed by atoms with van der Waals surface area (Å²) in [5.41, 5.74) is 6.32. The fourth-order valence-corrected chi connectivity index (χ4v) is 3.73. The lowest BCUT2D eigenvalue weighted by molar-refractivity contribution is 0.442. The molecule has 1 fully saturated rings. The van der Waals surface area contributed by atoms with E-state index in [2.05, 4.69) is 52.2 Å². The first-order valence-corrected chi connectivity index (χ1v) is 10.0. The number of nitrogens with zero attached hydrogens (tertiary/aromatic N) is 3. The van der Waals surface area contributed by atoms with Crippen LogP contribution in [0, 0.1) is 0 Å². The van der Waals surface area contributed by atoms with E-state index in [1.54, 1.807) is 0 Å². The average molecular weight is 389 g/mol. The van der Waals surface area contributed by atoms with Crippen LogP contribution in [-0.4, -0.2) is 20.6 Å². The average Bonchev–Trinajstić information content (AvgIpc) is 3.00. The van der Waals surface area contributed by atoms with Gasteiger partial charge in [-0.25, -0.2) is 4.98 Å². The third kappa shape index (κ3) is 3.14. The first-order valence-electron chi connectivity index (χ1n) is 9.63. The van der Waals surface area contributed by atoms with Gasteiger partial charge in [-0.1, -0.05) is 35.9 Å². The van der Waals surface area contributed by atoms with Crippen molar-refractivity contribution in [1.82, 2.24) is 14.5 Å². The largest absolute Gasteiger partial charge is 0.353 e. The van der Waals surface area contributed by atoms with Gasteiger partial charge in [-0.05, 0) is 55.2 Å². The normalized spacial score (nSPS) is 14.2. The molecule has 0 spiro atoms. The third-order valence-corrected chi connectivity index (χ3v) is 5.81. The van der Waals surface area contributed by atoms with Crippen LogP contribution >= 0.6 is 11.6 Å². The molecule has 2 heterocycles. The van der Waals surface area contributed by atoms with Crippen LogP contribution in [0.25, 0.3) is 33.4 Å². The summed E-state index contributed by atoms with van der Waals surface area (Å²) < 4.78 is 2.13. The fraction of sp³-hybridized carbons (Fsp3) is 0.217. The number of nitrogens with one attached hydrogen (secondary N) is 1. The monoisotopic (exact) mass is 388 g/mol. The number of benzene rings is 2. The molecule has 2 aromatic carbocycles. The quantitative estimate of drug-likeness (QED) is 0.471. The van der Waals surface area contributed by atoms with Crippen LogP contribution in [0.1, 0.15) is 19.3 Å². The van der Waals surface area contributed by atoms with Gasteiger partial charge in [0.1, 0.15) is 0 Å². The van der Waals surface area contributed by atoms with Crippen LogP contribution in [0.2, 0.25) is 5.02 Å². The van der Waals surface area contributed by atoms with Crippen molar-refractivity contribution in [3.05, 3.63) is 65.8 Å². The van der Waals surface area contributed by atoms with Crippen molar-refractivity contribution in [2.24, 2.45) is 7.05 Å². The molecule has 1 aliphatic carbocycles. The maximum absolute atomic E-state index is 5.98. The van der Waals surface area contributed by atoms with E-state index in [1.807, 2.05) is 30.5 Å². The molecule has 2 aromatic heterocycles. The van der Waals surface area contributed by atoms with E-state index in [9.17, 15) is 0 Å².